The summed E-state index contributed by atoms with van der Waals surface area (Å²) in [5, 5.41) is 9.17. The molecule has 19 heavy (non-hydrogen) atoms. The normalized spacial score (nSPS) is 19.2. The molecule has 1 heterocycles. The Kier molecular flexibility index (Phi) is 4.58. The Labute approximate surface area is 120 Å². The van der Waals surface area contributed by atoms with E-state index in [9.17, 15) is 9.59 Å². The number of rotatable bonds is 3. The lowest BCUT2D eigenvalue weighted by Crippen LogP contribution is -2.48. The average Bonchev–Trinajstić information content (AvgIpc) is 2.38. The molecule has 1 fully saturated rings. The third kappa shape index (κ3) is 3.56. The van der Waals surface area contributed by atoms with Crippen molar-refractivity contribution in [3.63, 3.8) is 0 Å². The second kappa shape index (κ2) is 6.19. The predicted molar refractivity (Wildman–Crippen MR) is 74.8 cm³/mol. The van der Waals surface area contributed by atoms with Crippen molar-refractivity contribution in [2.75, 3.05) is 6.54 Å². The highest BCUT2D eigenvalue weighted by molar-refractivity contribution is 9.10. The third-order valence-corrected chi connectivity index (χ3v) is 3.85. The molecule has 0 saturated carbocycles. The van der Waals surface area contributed by atoms with E-state index in [0.29, 0.717) is 13.0 Å². The minimum atomic E-state index is -0.901. The molecule has 1 N–H and O–H groups in total. The number of carbonyl (C=O) groups excluding carboxylic acids is 1. The van der Waals surface area contributed by atoms with Crippen LogP contribution in [0.2, 0.25) is 0 Å². The second-order valence-electron chi connectivity index (χ2n) is 4.74. The van der Waals surface area contributed by atoms with Gasteiger partial charge in [-0.05, 0) is 37.0 Å². The van der Waals surface area contributed by atoms with Crippen LogP contribution in [0.25, 0.3) is 0 Å². The lowest BCUT2D eigenvalue weighted by Gasteiger charge is -2.33. The molecule has 1 atom stereocenters. The molecule has 102 valence electrons. The molecule has 5 heteroatoms. The highest BCUT2D eigenvalue weighted by Crippen LogP contribution is 2.19. The zero-order valence-electron chi connectivity index (χ0n) is 10.5. The Hall–Kier alpha value is -1.36. The van der Waals surface area contributed by atoms with E-state index >= 15 is 0 Å². The number of benzene rings is 1. The van der Waals surface area contributed by atoms with Crippen LogP contribution >= 0.6 is 15.9 Å². The van der Waals surface area contributed by atoms with E-state index < -0.39 is 12.0 Å². The SMILES string of the molecule is O=C(O)C1CCCCN1C(=O)Cc1cccc(Br)c1. The van der Waals surface area contributed by atoms with Gasteiger partial charge in [0.2, 0.25) is 5.91 Å². The van der Waals surface area contributed by atoms with Crippen LogP contribution in [0.5, 0.6) is 0 Å². The van der Waals surface area contributed by atoms with Gasteiger partial charge in [0.05, 0.1) is 6.42 Å². The first-order valence-corrected chi connectivity index (χ1v) is 7.14. The molecule has 0 aromatic heterocycles. The van der Waals surface area contributed by atoms with Crippen LogP contribution in [0, 0.1) is 0 Å². The van der Waals surface area contributed by atoms with Gasteiger partial charge in [-0.3, -0.25) is 4.79 Å². The summed E-state index contributed by atoms with van der Waals surface area (Å²) in [4.78, 5) is 24.9. The van der Waals surface area contributed by atoms with E-state index in [1.807, 2.05) is 24.3 Å². The van der Waals surface area contributed by atoms with E-state index in [1.54, 1.807) is 0 Å². The van der Waals surface area contributed by atoms with Crippen molar-refractivity contribution in [1.29, 1.82) is 0 Å². The van der Waals surface area contributed by atoms with E-state index in [2.05, 4.69) is 15.9 Å². The number of hydrogen-bond donors (Lipinski definition) is 1. The number of amides is 1. The summed E-state index contributed by atoms with van der Waals surface area (Å²) in [6.07, 6.45) is 2.56. The fourth-order valence-electron chi connectivity index (χ4n) is 2.41. The van der Waals surface area contributed by atoms with Gasteiger partial charge in [-0.25, -0.2) is 4.79 Å². The van der Waals surface area contributed by atoms with Crippen LogP contribution < -0.4 is 0 Å². The van der Waals surface area contributed by atoms with Crippen LogP contribution in [-0.4, -0.2) is 34.5 Å². The summed E-state index contributed by atoms with van der Waals surface area (Å²) in [6, 6.07) is 6.88. The molecule has 0 bridgehead atoms. The number of piperidine rings is 1. The number of aliphatic carboxylic acids is 1. The molecule has 0 spiro atoms. The highest BCUT2D eigenvalue weighted by atomic mass is 79.9. The van der Waals surface area contributed by atoms with E-state index in [1.165, 1.54) is 4.90 Å². The van der Waals surface area contributed by atoms with Gasteiger partial charge in [-0.1, -0.05) is 28.1 Å². The van der Waals surface area contributed by atoms with Gasteiger partial charge < -0.3 is 10.0 Å². The molecular formula is C14H16BrNO3. The zero-order valence-corrected chi connectivity index (χ0v) is 12.1. The van der Waals surface area contributed by atoms with Crippen LogP contribution in [-0.2, 0) is 16.0 Å². The fraction of sp³-hybridized carbons (Fsp3) is 0.429. The molecule has 1 saturated heterocycles. The molecule has 1 aromatic carbocycles. The van der Waals surface area contributed by atoms with Crippen molar-refractivity contribution in [3.8, 4) is 0 Å². The maximum atomic E-state index is 12.2. The summed E-state index contributed by atoms with van der Waals surface area (Å²) in [5.41, 5.74) is 0.897. The first-order valence-electron chi connectivity index (χ1n) is 6.34. The highest BCUT2D eigenvalue weighted by Gasteiger charge is 2.31. The number of carbonyl (C=O) groups is 2. The number of carboxylic acids is 1. The minimum Gasteiger partial charge on any atom is -0.480 e. The van der Waals surface area contributed by atoms with Crippen LogP contribution in [0.3, 0.4) is 0 Å². The summed E-state index contributed by atoms with van der Waals surface area (Å²) >= 11 is 3.36. The van der Waals surface area contributed by atoms with Crippen molar-refractivity contribution in [2.45, 2.75) is 31.7 Å². The molecule has 2 rings (SSSR count). The first-order chi connectivity index (χ1) is 9.08. The number of carboxylic acid groups (broad SMARTS) is 1. The first kappa shape index (κ1) is 14.1. The summed E-state index contributed by atoms with van der Waals surface area (Å²) in [5.74, 6) is -1.01. The summed E-state index contributed by atoms with van der Waals surface area (Å²) in [7, 11) is 0. The number of likely N-dealkylation sites (tertiary alicyclic amines) is 1. The predicted octanol–water partition coefficient (Wildman–Crippen LogP) is 2.46. The molecule has 1 amide bonds. The van der Waals surface area contributed by atoms with Gasteiger partial charge in [-0.15, -0.1) is 0 Å². The molecular weight excluding hydrogens is 310 g/mol. The van der Waals surface area contributed by atoms with Gasteiger partial charge in [-0.2, -0.15) is 0 Å². The Morgan fingerprint density at radius 3 is 2.84 bits per heavy atom. The smallest absolute Gasteiger partial charge is 0.326 e. The monoisotopic (exact) mass is 325 g/mol. The molecule has 1 aliphatic rings. The quantitative estimate of drug-likeness (QED) is 0.928. The van der Waals surface area contributed by atoms with Crippen molar-refractivity contribution in [3.05, 3.63) is 34.3 Å². The van der Waals surface area contributed by atoms with Gasteiger partial charge in [0, 0.05) is 11.0 Å². The van der Waals surface area contributed by atoms with Gasteiger partial charge >= 0.3 is 5.97 Å². The number of nitrogens with zero attached hydrogens (tertiary/aromatic N) is 1. The Morgan fingerprint density at radius 1 is 1.37 bits per heavy atom. The molecule has 0 aliphatic carbocycles. The van der Waals surface area contributed by atoms with Gasteiger partial charge in [0.1, 0.15) is 6.04 Å². The number of hydrogen-bond acceptors (Lipinski definition) is 2. The maximum Gasteiger partial charge on any atom is 0.326 e. The molecule has 1 unspecified atom stereocenters. The van der Waals surface area contributed by atoms with Crippen molar-refractivity contribution in [2.24, 2.45) is 0 Å². The van der Waals surface area contributed by atoms with Crippen molar-refractivity contribution in [1.82, 2.24) is 4.90 Å². The van der Waals surface area contributed by atoms with Crippen molar-refractivity contribution >= 4 is 27.8 Å². The largest absolute Gasteiger partial charge is 0.480 e. The van der Waals surface area contributed by atoms with E-state index in [0.717, 1.165) is 22.9 Å². The van der Waals surface area contributed by atoms with Crippen LogP contribution in [0.15, 0.2) is 28.7 Å². The maximum absolute atomic E-state index is 12.2. The molecule has 0 radical (unpaired) electrons. The Morgan fingerprint density at radius 2 is 2.16 bits per heavy atom. The van der Waals surface area contributed by atoms with Gasteiger partial charge in [0.25, 0.3) is 0 Å². The topological polar surface area (TPSA) is 57.6 Å². The van der Waals surface area contributed by atoms with E-state index in [-0.39, 0.29) is 12.3 Å². The third-order valence-electron chi connectivity index (χ3n) is 3.35. The Balaban J connectivity index is 2.07. The number of halogens is 1. The van der Waals surface area contributed by atoms with E-state index in [4.69, 9.17) is 5.11 Å². The standard InChI is InChI=1S/C14H16BrNO3/c15-11-5-3-4-10(8-11)9-13(17)16-7-2-1-6-12(16)14(18)19/h3-5,8,12H,1-2,6-7,9H2,(H,18,19). The fourth-order valence-corrected chi connectivity index (χ4v) is 2.86. The Bertz CT molecular complexity index is 489. The minimum absolute atomic E-state index is 0.106. The lowest BCUT2D eigenvalue weighted by atomic mass is 10.0. The second-order valence-corrected chi connectivity index (χ2v) is 5.66. The van der Waals surface area contributed by atoms with Crippen LogP contribution in [0.1, 0.15) is 24.8 Å². The lowest BCUT2D eigenvalue weighted by molar-refractivity contribution is -0.151. The average molecular weight is 326 g/mol. The summed E-state index contributed by atoms with van der Waals surface area (Å²) < 4.78 is 0.922. The van der Waals surface area contributed by atoms with Crippen molar-refractivity contribution < 1.29 is 14.7 Å². The molecule has 1 aliphatic heterocycles. The molecule has 4 nitrogen and oxygen atoms in total. The zero-order chi connectivity index (χ0) is 13.8. The van der Waals surface area contributed by atoms with Gasteiger partial charge in [0.15, 0.2) is 0 Å². The molecule has 1 aromatic rings. The summed E-state index contributed by atoms with van der Waals surface area (Å²) in [6.45, 7) is 0.545. The van der Waals surface area contributed by atoms with Crippen LogP contribution in [0.4, 0.5) is 0 Å².